The minimum atomic E-state index is -0.990. The van der Waals surface area contributed by atoms with Crippen LogP contribution in [-0.4, -0.2) is 88.2 Å². The molecule has 0 bridgehead atoms. The van der Waals surface area contributed by atoms with Crippen LogP contribution in [0.2, 0.25) is 0 Å². The fourth-order valence-corrected chi connectivity index (χ4v) is 9.59. The normalized spacial score (nSPS) is 20.6. The van der Waals surface area contributed by atoms with Crippen LogP contribution in [-0.2, 0) is 61.5 Å². The largest absolute Gasteiger partial charge is 0.458 e. The van der Waals surface area contributed by atoms with Gasteiger partial charge in [-0.15, -0.1) is 11.8 Å². The van der Waals surface area contributed by atoms with E-state index in [1.807, 2.05) is 6.92 Å². The van der Waals surface area contributed by atoms with Gasteiger partial charge in [0, 0.05) is 59.0 Å². The molecule has 1 N–H and O–H groups in total. The lowest BCUT2D eigenvalue weighted by Crippen LogP contribution is -2.63. The number of thioether (sulfide) groups is 1. The van der Waals surface area contributed by atoms with Crippen molar-refractivity contribution in [2.24, 2.45) is 11.8 Å². The molecule has 0 aliphatic carbocycles. The third-order valence-corrected chi connectivity index (χ3v) is 12.8. The maximum atomic E-state index is 13.9. The summed E-state index contributed by atoms with van der Waals surface area (Å²) < 4.78 is 20.1. The Kier molecular flexibility index (Phi) is 13.3. The number of imidazole rings is 1. The van der Waals surface area contributed by atoms with E-state index in [0.29, 0.717) is 28.0 Å². The molecule has 3 aromatic carbocycles. The van der Waals surface area contributed by atoms with E-state index in [1.165, 1.54) is 96.4 Å². The summed E-state index contributed by atoms with van der Waals surface area (Å²) in [6.45, 7) is 3.15. The number of fused-ring (bicyclic) bond motifs is 1. The summed E-state index contributed by atoms with van der Waals surface area (Å²) >= 11 is 1.33. The molecule has 3 aliphatic rings. The number of non-ortho nitro benzene ring substituents is 3. The van der Waals surface area contributed by atoms with Crippen molar-refractivity contribution < 1.29 is 57.8 Å². The van der Waals surface area contributed by atoms with E-state index < -0.39 is 68.7 Å². The van der Waals surface area contributed by atoms with E-state index in [4.69, 9.17) is 14.2 Å². The standard InChI is InChI=1S/C42H42N7O14S/c1-25-37-36(26(2)50)40(52)46(37)38(41(53)62-22-28-5-11-31(12-6-28)48(57)58)39(25)64-34-17-33(45(19-34)42(54)63-23-29-7-13-32(14-8-29)49(59)60)18-43-15-16-44(24-43)20-35(51)61-21-27-3-9-30(10-4-27)47(55)56/h3-16,24-26,33-34,36-37,50H,17-23H2,1-2H3/q+1/t25-,26-,33+,34+,36-,37-/m1/s1. The molecule has 1 aromatic heterocycles. The molecule has 7 rings (SSSR count). The van der Waals surface area contributed by atoms with Crippen molar-refractivity contribution in [3.8, 4) is 0 Å². The quantitative estimate of drug-likeness (QED) is 0.0380. The van der Waals surface area contributed by atoms with Crippen molar-refractivity contribution >= 4 is 52.8 Å². The van der Waals surface area contributed by atoms with Gasteiger partial charge in [0.2, 0.25) is 12.2 Å². The molecule has 4 heterocycles. The predicted molar refractivity (Wildman–Crippen MR) is 222 cm³/mol. The van der Waals surface area contributed by atoms with Crippen LogP contribution in [0.25, 0.3) is 0 Å². The fourth-order valence-electron chi connectivity index (χ4n) is 8.03. The van der Waals surface area contributed by atoms with Crippen LogP contribution >= 0.6 is 11.8 Å². The average molecular weight is 901 g/mol. The minimum absolute atomic E-state index is 0.0361. The van der Waals surface area contributed by atoms with Gasteiger partial charge < -0.3 is 29.1 Å². The number of benzene rings is 3. The van der Waals surface area contributed by atoms with E-state index in [1.54, 1.807) is 32.8 Å². The number of amides is 2. The number of aliphatic hydroxyl groups excluding tert-OH is 1. The van der Waals surface area contributed by atoms with Gasteiger partial charge in [0.25, 0.3) is 17.1 Å². The van der Waals surface area contributed by atoms with Gasteiger partial charge in [-0.3, -0.25) is 35.1 Å². The van der Waals surface area contributed by atoms with Crippen LogP contribution in [0.3, 0.4) is 0 Å². The smallest absolute Gasteiger partial charge is 0.410 e. The highest BCUT2D eigenvalue weighted by atomic mass is 32.2. The fraction of sp³-hybridized carbons (Fsp3) is 0.357. The van der Waals surface area contributed by atoms with Gasteiger partial charge in [0.1, 0.15) is 44.5 Å². The number of β-lactam (4-membered cyclic amide) rings is 1. The summed E-state index contributed by atoms with van der Waals surface area (Å²) in [6.07, 6.45) is 3.79. The molecule has 0 spiro atoms. The zero-order valence-corrected chi connectivity index (χ0v) is 35.2. The summed E-state index contributed by atoms with van der Waals surface area (Å²) in [6, 6.07) is 15.7. The van der Waals surface area contributed by atoms with Gasteiger partial charge in [-0.2, -0.15) is 0 Å². The van der Waals surface area contributed by atoms with Crippen molar-refractivity contribution in [2.75, 3.05) is 6.54 Å². The van der Waals surface area contributed by atoms with Crippen LogP contribution in [0.4, 0.5) is 21.9 Å². The molecule has 2 saturated heterocycles. The summed E-state index contributed by atoms with van der Waals surface area (Å²) in [5, 5.41) is 43.4. The second kappa shape index (κ2) is 19.0. The molecule has 22 heteroatoms. The highest BCUT2D eigenvalue weighted by Crippen LogP contribution is 2.52. The molecule has 21 nitrogen and oxygen atoms in total. The SMILES string of the molecule is C[C@@H](O)[C@H]1C(=O)N2C(C(=O)OCc3ccc([N+](=O)[O-])cc3)=C(S[C@H]3C[C@@H](Cn4cc[n+](CC(=O)OCc5ccc([N+](=O)[O-])cc5)c4)N(C(=O)OCc4ccc([N+](=O)[O-])cc4)C3)[C@H](C)[C@H]12. The third kappa shape index (κ3) is 9.87. The van der Waals surface area contributed by atoms with Crippen LogP contribution in [0.5, 0.6) is 0 Å². The Balaban J connectivity index is 1.07. The van der Waals surface area contributed by atoms with Crippen LogP contribution in [0.15, 0.2) is 102 Å². The number of carbonyl (C=O) groups is 4. The Morgan fingerprint density at radius 2 is 1.34 bits per heavy atom. The van der Waals surface area contributed by atoms with E-state index in [-0.39, 0.29) is 67.5 Å². The maximum Gasteiger partial charge on any atom is 0.410 e. The number of carbonyl (C=O) groups excluding carboxylic acids is 4. The van der Waals surface area contributed by atoms with Crippen LogP contribution in [0.1, 0.15) is 37.0 Å². The molecular formula is C42H42N7O14S+. The van der Waals surface area contributed by atoms with E-state index in [2.05, 4.69) is 0 Å². The number of aromatic nitrogens is 2. The summed E-state index contributed by atoms with van der Waals surface area (Å²) in [7, 11) is 0. The predicted octanol–water partition coefficient (Wildman–Crippen LogP) is 4.57. The number of nitro groups is 3. The van der Waals surface area contributed by atoms with Crippen molar-refractivity contribution in [3.63, 3.8) is 0 Å². The molecule has 6 atom stereocenters. The summed E-state index contributed by atoms with van der Waals surface area (Å²) in [5.74, 6) is -2.93. The highest BCUT2D eigenvalue weighted by Gasteiger charge is 2.60. The minimum Gasteiger partial charge on any atom is -0.458 e. The van der Waals surface area contributed by atoms with Gasteiger partial charge >= 0.3 is 18.0 Å². The number of hydrogen-bond acceptors (Lipinski definition) is 15. The number of nitrogens with zero attached hydrogens (tertiary/aromatic N) is 7. The van der Waals surface area contributed by atoms with E-state index in [0.717, 1.165) is 0 Å². The van der Waals surface area contributed by atoms with E-state index in [9.17, 15) is 54.6 Å². The number of ether oxygens (including phenoxy) is 3. The molecule has 0 unspecified atom stereocenters. The molecule has 334 valence electrons. The first kappa shape index (κ1) is 44.8. The highest BCUT2D eigenvalue weighted by molar-refractivity contribution is 8.03. The van der Waals surface area contributed by atoms with Gasteiger partial charge in [0.05, 0.1) is 38.9 Å². The van der Waals surface area contributed by atoms with Crippen LogP contribution < -0.4 is 4.57 Å². The number of esters is 2. The first-order chi connectivity index (χ1) is 30.6. The molecule has 2 fully saturated rings. The Hall–Kier alpha value is -7.20. The molecule has 0 saturated carbocycles. The summed E-state index contributed by atoms with van der Waals surface area (Å²) in [5.41, 5.74) is 1.28. The van der Waals surface area contributed by atoms with Gasteiger partial charge in [0.15, 0.2) is 6.54 Å². The molecule has 0 radical (unpaired) electrons. The Bertz CT molecular complexity index is 2490. The number of rotatable bonds is 17. The summed E-state index contributed by atoms with van der Waals surface area (Å²) in [4.78, 5) is 88.9. The van der Waals surface area contributed by atoms with E-state index >= 15 is 0 Å². The molecular weight excluding hydrogens is 859 g/mol. The monoisotopic (exact) mass is 900 g/mol. The lowest BCUT2D eigenvalue weighted by Gasteiger charge is -2.46. The third-order valence-electron chi connectivity index (χ3n) is 11.3. The van der Waals surface area contributed by atoms with Gasteiger partial charge in [-0.25, -0.2) is 23.5 Å². The first-order valence-electron chi connectivity index (χ1n) is 20.0. The van der Waals surface area contributed by atoms with Crippen LogP contribution in [0, 0.1) is 42.2 Å². The van der Waals surface area contributed by atoms with Crippen molar-refractivity contribution in [3.05, 3.63) is 149 Å². The van der Waals surface area contributed by atoms with Crippen molar-refractivity contribution in [2.45, 2.75) is 76.6 Å². The zero-order chi connectivity index (χ0) is 45.8. The number of likely N-dealkylation sites (tertiary alicyclic amines) is 1. The average Bonchev–Trinajstić information content (AvgIpc) is 3.95. The number of aliphatic hydroxyl groups is 1. The van der Waals surface area contributed by atoms with Gasteiger partial charge in [-0.05, 0) is 66.4 Å². The molecule has 64 heavy (non-hydrogen) atoms. The topological polar surface area (TPSA) is 261 Å². The second-order valence-electron chi connectivity index (χ2n) is 15.6. The lowest BCUT2D eigenvalue weighted by molar-refractivity contribution is -0.685. The molecule has 4 aromatic rings. The maximum absolute atomic E-state index is 13.9. The molecule has 3 aliphatic heterocycles. The Morgan fingerprint density at radius 3 is 1.86 bits per heavy atom. The van der Waals surface area contributed by atoms with Gasteiger partial charge in [-0.1, -0.05) is 6.92 Å². The Morgan fingerprint density at radius 1 is 0.828 bits per heavy atom. The van der Waals surface area contributed by atoms with Crippen molar-refractivity contribution in [1.82, 2.24) is 14.4 Å². The molecule has 2 amide bonds. The first-order valence-corrected chi connectivity index (χ1v) is 20.9. The number of nitro benzene ring substituents is 3. The Labute approximate surface area is 368 Å². The second-order valence-corrected chi connectivity index (χ2v) is 16.9. The zero-order valence-electron chi connectivity index (χ0n) is 34.4. The van der Waals surface area contributed by atoms with Crippen molar-refractivity contribution in [1.29, 1.82) is 0 Å². The number of hydrogen-bond donors (Lipinski definition) is 1. The lowest BCUT2D eigenvalue weighted by atomic mass is 9.79.